The minimum absolute atomic E-state index is 0. The smallest absolute Gasteiger partial charge is 0.698 e. The third-order valence-electron chi connectivity index (χ3n) is 3.03. The molecule has 0 aliphatic rings. The first-order valence-electron chi connectivity index (χ1n) is 5.18. The monoisotopic (exact) mass is 355 g/mol. The fourth-order valence-electron chi connectivity index (χ4n) is 1.92. The van der Waals surface area contributed by atoms with Crippen molar-refractivity contribution in [1.82, 2.24) is 0 Å². The van der Waals surface area contributed by atoms with E-state index in [2.05, 4.69) is 0 Å². The summed E-state index contributed by atoms with van der Waals surface area (Å²) in [6.45, 7) is 3.41. The fourth-order valence-corrected chi connectivity index (χ4v) is 2.60. The minimum Gasteiger partial charge on any atom is -0.698 e. The summed E-state index contributed by atoms with van der Waals surface area (Å²) in [7, 11) is -4.39. The van der Waals surface area contributed by atoms with Gasteiger partial charge in [-0.15, -0.1) is 5.69 Å². The van der Waals surface area contributed by atoms with E-state index in [9.17, 15) is 13.5 Å². The van der Waals surface area contributed by atoms with Gasteiger partial charge in [-0.25, -0.2) is 0 Å². The maximum absolute atomic E-state index is 11.3. The normalized spacial score (nSPS) is 11.3. The zero-order chi connectivity index (χ0) is 13.7. The Labute approximate surface area is 136 Å². The van der Waals surface area contributed by atoms with E-state index in [-0.39, 0.29) is 59.8 Å². The molecular weight excluding hydrogens is 343 g/mol. The molecule has 96 valence electrons. The van der Waals surface area contributed by atoms with Gasteiger partial charge in [-0.2, -0.15) is 8.42 Å². The van der Waals surface area contributed by atoms with Gasteiger partial charge in [-0.1, -0.05) is 6.07 Å². The third kappa shape index (κ3) is 2.77. The average molecular weight is 355 g/mol. The van der Waals surface area contributed by atoms with E-state index in [0.717, 1.165) is 6.07 Å². The SMILES string of the molecule is Cc1cc2c(S(=O)(=O)O)ccc([NH-])c2c(O)c1C.[Y+3]. The number of phenols is 1. The van der Waals surface area contributed by atoms with Crippen LogP contribution in [0, 0.1) is 13.8 Å². The first kappa shape index (κ1) is 16.4. The molecule has 0 aromatic heterocycles. The van der Waals surface area contributed by atoms with Gasteiger partial charge in [0, 0.05) is 10.8 Å². The second-order valence-electron chi connectivity index (χ2n) is 4.18. The number of aryl methyl sites for hydroxylation is 1. The number of rotatable bonds is 1. The second kappa shape index (κ2) is 5.36. The molecule has 0 saturated carbocycles. The van der Waals surface area contributed by atoms with Crippen molar-refractivity contribution in [3.05, 3.63) is 35.1 Å². The molecule has 0 saturated heterocycles. The predicted molar refractivity (Wildman–Crippen MR) is 68.9 cm³/mol. The summed E-state index contributed by atoms with van der Waals surface area (Å²) in [5.41, 5.74) is 9.03. The van der Waals surface area contributed by atoms with Crippen LogP contribution in [0.2, 0.25) is 0 Å². The third-order valence-corrected chi connectivity index (χ3v) is 3.94. The van der Waals surface area contributed by atoms with Crippen molar-refractivity contribution < 1.29 is 50.8 Å². The molecule has 19 heavy (non-hydrogen) atoms. The molecule has 2 rings (SSSR count). The molecule has 0 atom stereocenters. The Kier molecular flexibility index (Phi) is 4.62. The number of fused-ring (bicyclic) bond motifs is 1. The Bertz CT molecular complexity index is 756. The Morgan fingerprint density at radius 1 is 1.21 bits per heavy atom. The summed E-state index contributed by atoms with van der Waals surface area (Å²) in [6, 6.07) is 3.94. The van der Waals surface area contributed by atoms with E-state index < -0.39 is 10.1 Å². The predicted octanol–water partition coefficient (Wildman–Crippen LogP) is 3.09. The van der Waals surface area contributed by atoms with Crippen molar-refractivity contribution in [3.8, 4) is 5.75 Å². The molecule has 2 aromatic carbocycles. The van der Waals surface area contributed by atoms with Gasteiger partial charge in [0.25, 0.3) is 10.1 Å². The average Bonchev–Trinajstić information content (AvgIpc) is 2.24. The van der Waals surface area contributed by atoms with Gasteiger partial charge in [0.2, 0.25) is 0 Å². The van der Waals surface area contributed by atoms with Gasteiger partial charge in [0.1, 0.15) is 10.6 Å². The van der Waals surface area contributed by atoms with E-state index in [1.165, 1.54) is 6.07 Å². The van der Waals surface area contributed by atoms with Crippen molar-refractivity contribution in [1.29, 1.82) is 0 Å². The van der Waals surface area contributed by atoms with Gasteiger partial charge in [-0.3, -0.25) is 4.55 Å². The quantitative estimate of drug-likeness (QED) is 0.768. The molecule has 2 aromatic rings. The molecular formula is C12H12NO4SY+2. The Morgan fingerprint density at radius 3 is 2.32 bits per heavy atom. The van der Waals surface area contributed by atoms with Gasteiger partial charge >= 0.3 is 32.7 Å². The molecule has 3 N–H and O–H groups in total. The van der Waals surface area contributed by atoms with Crippen LogP contribution in [0.4, 0.5) is 5.69 Å². The van der Waals surface area contributed by atoms with Crippen molar-refractivity contribution in [2.24, 2.45) is 0 Å². The van der Waals surface area contributed by atoms with Crippen LogP contribution >= 0.6 is 0 Å². The van der Waals surface area contributed by atoms with Gasteiger partial charge in [-0.05, 0) is 37.1 Å². The van der Waals surface area contributed by atoms with E-state index in [0.29, 0.717) is 11.1 Å². The summed E-state index contributed by atoms with van der Waals surface area (Å²) in [5.74, 6) is -0.125. The molecule has 0 bridgehead atoms. The topological polar surface area (TPSA) is 98.4 Å². The van der Waals surface area contributed by atoms with Crippen LogP contribution in [0.15, 0.2) is 23.1 Å². The Hall–Kier alpha value is -0.686. The molecule has 0 spiro atoms. The van der Waals surface area contributed by atoms with Crippen molar-refractivity contribution in [2.75, 3.05) is 0 Å². The van der Waals surface area contributed by atoms with E-state index >= 15 is 0 Å². The van der Waals surface area contributed by atoms with Gasteiger partial charge in [0.05, 0.1) is 0 Å². The summed E-state index contributed by atoms with van der Waals surface area (Å²) < 4.78 is 31.7. The van der Waals surface area contributed by atoms with E-state index in [4.69, 9.17) is 10.3 Å². The van der Waals surface area contributed by atoms with Crippen LogP contribution in [-0.4, -0.2) is 18.1 Å². The largest absolute Gasteiger partial charge is 3.00 e. The molecule has 7 heteroatoms. The number of phenolic OH excluding ortho intramolecular Hbond substituents is 1. The van der Waals surface area contributed by atoms with Gasteiger partial charge < -0.3 is 10.8 Å². The minimum atomic E-state index is -4.39. The molecule has 0 radical (unpaired) electrons. The maximum Gasteiger partial charge on any atom is 3.00 e. The summed E-state index contributed by atoms with van der Waals surface area (Å²) >= 11 is 0. The van der Waals surface area contributed by atoms with Crippen LogP contribution in [0.1, 0.15) is 11.1 Å². The molecule has 0 fully saturated rings. The molecule has 0 aliphatic heterocycles. The first-order chi connectivity index (χ1) is 8.23. The standard InChI is InChI=1S/C12H12NO4S.Y/c1-6-5-8-10(18(15,16)17)4-3-9(13)11(8)12(14)7(6)2;/h3-5,13-14H,1-2H3,(H,15,16,17);/q-1;+3. The summed E-state index contributed by atoms with van der Waals surface area (Å²) in [6.07, 6.45) is 0. The Morgan fingerprint density at radius 2 is 1.79 bits per heavy atom. The van der Waals surface area contributed by atoms with E-state index in [1.807, 2.05) is 0 Å². The molecule has 0 heterocycles. The van der Waals surface area contributed by atoms with Gasteiger partial charge in [0.15, 0.2) is 0 Å². The Balaban J connectivity index is 0.00000180. The number of hydrogen-bond acceptors (Lipinski definition) is 3. The molecule has 0 amide bonds. The van der Waals surface area contributed by atoms with E-state index in [1.54, 1.807) is 19.9 Å². The second-order valence-corrected chi connectivity index (χ2v) is 5.57. The first-order valence-corrected chi connectivity index (χ1v) is 6.62. The van der Waals surface area contributed by atoms with Crippen LogP contribution in [0.3, 0.4) is 0 Å². The maximum atomic E-state index is 11.3. The number of aromatic hydroxyl groups is 1. The van der Waals surface area contributed by atoms with Crippen LogP contribution in [0.25, 0.3) is 16.5 Å². The number of benzene rings is 2. The molecule has 0 aliphatic carbocycles. The summed E-state index contributed by atoms with van der Waals surface area (Å²) in [5, 5.41) is 10.3. The zero-order valence-corrected chi connectivity index (χ0v) is 14.1. The van der Waals surface area contributed by atoms with Crippen molar-refractivity contribution in [2.45, 2.75) is 18.7 Å². The van der Waals surface area contributed by atoms with Crippen LogP contribution in [0.5, 0.6) is 5.75 Å². The van der Waals surface area contributed by atoms with Crippen LogP contribution in [-0.2, 0) is 42.8 Å². The van der Waals surface area contributed by atoms with Crippen molar-refractivity contribution >= 4 is 26.6 Å². The summed E-state index contributed by atoms with van der Waals surface area (Å²) in [4.78, 5) is -0.299. The molecule has 5 nitrogen and oxygen atoms in total. The zero-order valence-electron chi connectivity index (χ0n) is 10.4. The van der Waals surface area contributed by atoms with Crippen molar-refractivity contribution in [3.63, 3.8) is 0 Å². The van der Waals surface area contributed by atoms with Crippen LogP contribution < -0.4 is 0 Å². The number of nitrogens with one attached hydrogen (secondary N) is 1. The number of hydrogen-bond donors (Lipinski definition) is 2. The fraction of sp³-hybridized carbons (Fsp3) is 0.167. The molecule has 0 unspecified atom stereocenters.